The molecule has 2 aliphatic rings. The fraction of sp³-hybridized carbons (Fsp3) is 0.611. The number of aryl methyl sites for hydroxylation is 4. The number of benzene rings is 2. The molecule has 2 aromatic carbocycles. The van der Waals surface area contributed by atoms with Crippen LogP contribution < -0.4 is 20.6 Å². The number of quaternary nitrogens is 1. The molecule has 2 fully saturated rings. The zero-order valence-electron chi connectivity index (χ0n) is 53.0. The van der Waals surface area contributed by atoms with Gasteiger partial charge < -0.3 is 30.5 Å². The fourth-order valence-corrected chi connectivity index (χ4v) is 10.1. The molecule has 0 radical (unpaired) electrons. The third-order valence-corrected chi connectivity index (χ3v) is 15.1. The molecule has 0 aromatic heterocycles. The van der Waals surface area contributed by atoms with Crippen molar-refractivity contribution in [2.24, 2.45) is 0 Å². The second kappa shape index (κ2) is 51.3. The van der Waals surface area contributed by atoms with Crippen LogP contribution in [0.3, 0.4) is 0 Å². The molecule has 460 valence electrons. The smallest absolute Gasteiger partial charge is 0.303 e. The molecule has 0 bridgehead atoms. The van der Waals surface area contributed by atoms with Crippen LogP contribution in [-0.4, -0.2) is 72.0 Å². The first kappa shape index (κ1) is 74.7. The molecule has 4 N–H and O–H groups in total. The van der Waals surface area contributed by atoms with Gasteiger partial charge in [0, 0.05) is 30.2 Å². The van der Waals surface area contributed by atoms with E-state index >= 15 is 0 Å². The Labute approximate surface area is 500 Å². The number of piperidine rings is 2. The number of aliphatic carboxylic acids is 2. The number of hydrogen-bond acceptors (Lipinski definition) is 6. The molecule has 10 heteroatoms. The molecule has 0 saturated carbocycles. The summed E-state index contributed by atoms with van der Waals surface area (Å²) in [6.07, 6.45) is 58.0. The van der Waals surface area contributed by atoms with Crippen molar-refractivity contribution in [3.05, 3.63) is 132 Å². The second-order valence-electron chi connectivity index (χ2n) is 22.5. The number of allylic oxidation sites excluding steroid dienone is 12. The Kier molecular flexibility index (Phi) is 46.8. The first-order valence-electron chi connectivity index (χ1n) is 32.4. The molecule has 0 aliphatic carbocycles. The zero-order chi connectivity index (χ0) is 60.3. The van der Waals surface area contributed by atoms with Crippen molar-refractivity contribution in [1.29, 1.82) is 0 Å². The Morgan fingerprint density at radius 3 is 1.38 bits per heavy atom. The second-order valence-corrected chi connectivity index (χ2v) is 22.5. The van der Waals surface area contributed by atoms with E-state index in [1.807, 2.05) is 12.1 Å². The predicted molar refractivity (Wildman–Crippen MR) is 348 cm³/mol. The predicted octanol–water partition coefficient (Wildman–Crippen LogP) is 16.4. The van der Waals surface area contributed by atoms with Crippen LogP contribution >= 0.6 is 0 Å². The third-order valence-electron chi connectivity index (χ3n) is 15.1. The summed E-state index contributed by atoms with van der Waals surface area (Å²) in [5.74, 6) is -1.26. The van der Waals surface area contributed by atoms with Crippen LogP contribution in [0, 0.1) is 27.7 Å². The van der Waals surface area contributed by atoms with Crippen LogP contribution in [0.5, 0.6) is 0 Å². The van der Waals surface area contributed by atoms with E-state index in [9.17, 15) is 24.3 Å². The van der Waals surface area contributed by atoms with Gasteiger partial charge in [-0.1, -0.05) is 182 Å². The number of rotatable bonds is 36. The van der Waals surface area contributed by atoms with Crippen LogP contribution in [-0.2, 0) is 19.2 Å². The molecule has 2 aliphatic heterocycles. The van der Waals surface area contributed by atoms with Gasteiger partial charge in [0.15, 0.2) is 6.04 Å². The van der Waals surface area contributed by atoms with Gasteiger partial charge in [0.25, 0.3) is 5.91 Å². The van der Waals surface area contributed by atoms with Gasteiger partial charge in [-0.3, -0.25) is 19.3 Å². The van der Waals surface area contributed by atoms with Crippen LogP contribution in [0.4, 0.5) is 11.4 Å². The SMILES string of the molecule is CCCCC/C=C\C/C=C\C/C=C\CCCCC(=O)O.CCCCC/C=C\C/C=C\C/C=C\CCCCC(=O)[O-].CCCCN1CCCCC1C(=O)Nc1c(C)cccc1C.CCCC[NH+]1CCCCC1C(=O)Nc1c(C)cccc1C. The number of anilines is 2. The van der Waals surface area contributed by atoms with Crippen molar-refractivity contribution in [1.82, 2.24) is 4.90 Å². The fourth-order valence-electron chi connectivity index (χ4n) is 10.1. The highest BCUT2D eigenvalue weighted by Gasteiger charge is 2.32. The number of carboxylic acids is 2. The maximum atomic E-state index is 12.7. The molecule has 4 rings (SSSR count). The Balaban J connectivity index is 0.000000547. The van der Waals surface area contributed by atoms with Crippen molar-refractivity contribution in [3.8, 4) is 0 Å². The lowest BCUT2D eigenvalue weighted by Crippen LogP contribution is -3.17. The number of para-hydroxylation sites is 2. The Hall–Kier alpha value is -5.32. The van der Waals surface area contributed by atoms with Crippen molar-refractivity contribution in [3.63, 3.8) is 0 Å². The summed E-state index contributed by atoms with van der Waals surface area (Å²) in [7, 11) is 0. The average Bonchev–Trinajstić information content (AvgIpc) is 3.65. The van der Waals surface area contributed by atoms with Gasteiger partial charge in [0.2, 0.25) is 5.91 Å². The maximum absolute atomic E-state index is 12.7. The minimum atomic E-state index is -0.945. The molecule has 2 amide bonds. The van der Waals surface area contributed by atoms with E-state index in [0.717, 1.165) is 137 Å². The summed E-state index contributed by atoms with van der Waals surface area (Å²) in [6.45, 7) is 21.5. The zero-order valence-corrected chi connectivity index (χ0v) is 53.0. The summed E-state index contributed by atoms with van der Waals surface area (Å²) in [5.41, 5.74) is 6.56. The number of likely N-dealkylation sites (tertiary alicyclic amines) is 2. The van der Waals surface area contributed by atoms with E-state index in [1.54, 1.807) is 0 Å². The standard InChI is InChI=1S/2C18H28N2O.2C18H30O2/c2*1-4-5-12-20-13-7-6-11-16(20)18(21)19-17-14(2)9-8-10-15(17)3;2*1-2-3-4-5-6-7-8-9-10-11-12-13-14-15-16-17-18(19)20/h2*8-10,16H,4-7,11-13H2,1-3H3,(H,19,21);2*6-7,9-10,12-13H,2-5,8,11,14-17H2,1H3,(H,19,20)/b;;2*7-6-,10-9-,13-12-. The van der Waals surface area contributed by atoms with Gasteiger partial charge in [-0.15, -0.1) is 0 Å². The molecule has 82 heavy (non-hydrogen) atoms. The largest absolute Gasteiger partial charge is 0.550 e. The minimum Gasteiger partial charge on any atom is -0.550 e. The van der Waals surface area contributed by atoms with Gasteiger partial charge >= 0.3 is 5.97 Å². The van der Waals surface area contributed by atoms with Gasteiger partial charge in [-0.05, 0) is 198 Å². The number of hydrogen-bond donors (Lipinski definition) is 4. The lowest BCUT2D eigenvalue weighted by atomic mass is 10.00. The number of carboxylic acid groups (broad SMARTS) is 2. The Morgan fingerprint density at radius 1 is 0.524 bits per heavy atom. The first-order valence-corrected chi connectivity index (χ1v) is 32.4. The summed E-state index contributed by atoms with van der Waals surface area (Å²) in [5, 5.41) is 25.0. The van der Waals surface area contributed by atoms with Gasteiger partial charge in [-0.2, -0.15) is 0 Å². The molecular weight excluding hydrogens is 1020 g/mol. The number of amides is 2. The summed E-state index contributed by atoms with van der Waals surface area (Å²) < 4.78 is 0. The van der Waals surface area contributed by atoms with E-state index in [1.165, 1.54) is 101 Å². The lowest BCUT2D eigenvalue weighted by molar-refractivity contribution is -0.921. The average molecular weight is 1130 g/mol. The van der Waals surface area contributed by atoms with Crippen molar-refractivity contribution in [2.45, 2.75) is 260 Å². The summed E-state index contributed by atoms with van der Waals surface area (Å²) in [4.78, 5) is 49.7. The highest BCUT2D eigenvalue weighted by atomic mass is 16.4. The molecule has 3 atom stereocenters. The van der Waals surface area contributed by atoms with Gasteiger partial charge in [-0.25, -0.2) is 0 Å². The lowest BCUT2D eigenvalue weighted by Gasteiger charge is -2.34. The van der Waals surface area contributed by atoms with Crippen LogP contribution in [0.1, 0.15) is 243 Å². The van der Waals surface area contributed by atoms with E-state index in [2.05, 4.69) is 168 Å². The van der Waals surface area contributed by atoms with Crippen molar-refractivity contribution >= 4 is 35.1 Å². The summed E-state index contributed by atoms with van der Waals surface area (Å²) in [6, 6.07) is 12.5. The number of unbranched alkanes of at least 4 members (excludes halogenated alkanes) is 12. The number of nitrogens with zero attached hydrogens (tertiary/aromatic N) is 1. The molecule has 2 aromatic rings. The molecule has 2 heterocycles. The topological polar surface area (TPSA) is 143 Å². The third kappa shape index (κ3) is 38.5. The minimum absolute atomic E-state index is 0.0457. The van der Waals surface area contributed by atoms with Crippen molar-refractivity contribution in [2.75, 3.05) is 36.8 Å². The van der Waals surface area contributed by atoms with Gasteiger partial charge in [0.1, 0.15) is 0 Å². The van der Waals surface area contributed by atoms with Gasteiger partial charge in [0.05, 0.1) is 19.1 Å². The summed E-state index contributed by atoms with van der Waals surface area (Å²) >= 11 is 0. The number of nitrogens with one attached hydrogen (secondary N) is 3. The van der Waals surface area contributed by atoms with E-state index < -0.39 is 11.9 Å². The van der Waals surface area contributed by atoms with Crippen molar-refractivity contribution < 1.29 is 34.3 Å². The normalized spacial score (nSPS) is 16.5. The van der Waals surface area contributed by atoms with E-state index in [-0.39, 0.29) is 30.3 Å². The molecule has 10 nitrogen and oxygen atoms in total. The van der Waals surface area contributed by atoms with Crippen LogP contribution in [0.25, 0.3) is 0 Å². The Bertz CT molecular complexity index is 1980. The molecule has 2 saturated heterocycles. The molecule has 3 unspecified atom stereocenters. The van der Waals surface area contributed by atoms with E-state index in [4.69, 9.17) is 5.11 Å². The molecular formula is C72H116N4O6. The van der Waals surface area contributed by atoms with Crippen LogP contribution in [0.15, 0.2) is 109 Å². The monoisotopic (exact) mass is 1130 g/mol. The highest BCUT2D eigenvalue weighted by Crippen LogP contribution is 2.24. The quantitative estimate of drug-likeness (QED) is 0.0393. The van der Waals surface area contributed by atoms with E-state index in [0.29, 0.717) is 12.8 Å². The molecule has 0 spiro atoms. The number of carbonyl (C=O) groups is 4. The maximum Gasteiger partial charge on any atom is 0.303 e. The number of carbonyl (C=O) groups excluding carboxylic acids is 3. The Morgan fingerprint density at radius 2 is 0.939 bits per heavy atom. The highest BCUT2D eigenvalue weighted by molar-refractivity contribution is 5.96. The van der Waals surface area contributed by atoms with Crippen LogP contribution in [0.2, 0.25) is 0 Å². The first-order chi connectivity index (χ1) is 39.8.